The zero-order valence-corrected chi connectivity index (χ0v) is 13.8. The van der Waals surface area contributed by atoms with Crippen molar-refractivity contribution in [3.8, 4) is 0 Å². The van der Waals surface area contributed by atoms with Crippen LogP contribution in [-0.2, 0) is 0 Å². The SMILES string of the molecule is Cc1ccc(C(CN)N(C)CC2CC3CCC2C3)cc1C. The number of nitrogens with two attached hydrogens (primary N) is 1. The van der Waals surface area contributed by atoms with Gasteiger partial charge in [-0.25, -0.2) is 0 Å². The topological polar surface area (TPSA) is 29.3 Å². The van der Waals surface area contributed by atoms with Crippen LogP contribution in [0.1, 0.15) is 48.4 Å². The summed E-state index contributed by atoms with van der Waals surface area (Å²) in [6, 6.07) is 7.18. The van der Waals surface area contributed by atoms with Crippen LogP contribution in [0.3, 0.4) is 0 Å². The normalized spacial score (nSPS) is 29.3. The summed E-state index contributed by atoms with van der Waals surface area (Å²) in [5, 5.41) is 0. The van der Waals surface area contributed by atoms with Crippen LogP contribution in [0.2, 0.25) is 0 Å². The number of fused-ring (bicyclic) bond motifs is 2. The van der Waals surface area contributed by atoms with Gasteiger partial charge in [0.05, 0.1) is 0 Å². The highest BCUT2D eigenvalue weighted by molar-refractivity contribution is 5.32. The molecule has 2 aliphatic rings. The van der Waals surface area contributed by atoms with Crippen LogP contribution >= 0.6 is 0 Å². The number of hydrogen-bond donors (Lipinski definition) is 1. The van der Waals surface area contributed by atoms with Crippen molar-refractivity contribution in [2.75, 3.05) is 20.1 Å². The van der Waals surface area contributed by atoms with Crippen molar-refractivity contribution in [3.05, 3.63) is 34.9 Å². The second kappa shape index (κ2) is 6.10. The van der Waals surface area contributed by atoms with E-state index in [0.29, 0.717) is 12.6 Å². The molecule has 2 N–H and O–H groups in total. The molecule has 3 rings (SSSR count). The molecule has 0 radical (unpaired) electrons. The summed E-state index contributed by atoms with van der Waals surface area (Å²) in [7, 11) is 2.26. The molecule has 0 aromatic heterocycles. The van der Waals surface area contributed by atoms with Crippen LogP contribution in [0, 0.1) is 31.6 Å². The highest BCUT2D eigenvalue weighted by Gasteiger charge is 2.40. The van der Waals surface area contributed by atoms with Gasteiger partial charge in [0.2, 0.25) is 0 Å². The third-order valence-corrected chi connectivity index (χ3v) is 6.08. The molecule has 0 spiro atoms. The van der Waals surface area contributed by atoms with Crippen molar-refractivity contribution >= 4 is 0 Å². The first kappa shape index (κ1) is 15.1. The van der Waals surface area contributed by atoms with E-state index in [1.807, 2.05) is 0 Å². The lowest BCUT2D eigenvalue weighted by atomic mass is 9.88. The van der Waals surface area contributed by atoms with Crippen molar-refractivity contribution in [3.63, 3.8) is 0 Å². The Bertz CT molecular complexity index is 496. The lowest BCUT2D eigenvalue weighted by molar-refractivity contribution is 0.176. The number of aryl methyl sites for hydroxylation is 2. The van der Waals surface area contributed by atoms with Gasteiger partial charge in [-0.15, -0.1) is 0 Å². The van der Waals surface area contributed by atoms with Gasteiger partial charge in [-0.3, -0.25) is 4.90 Å². The van der Waals surface area contributed by atoms with Gasteiger partial charge in [-0.05, 0) is 74.6 Å². The average Bonchev–Trinajstić information content (AvgIpc) is 3.06. The molecular formula is C19H30N2. The van der Waals surface area contributed by atoms with Crippen LogP contribution in [0.4, 0.5) is 0 Å². The Hall–Kier alpha value is -0.860. The number of likely N-dealkylation sites (N-methyl/N-ethyl adjacent to an activating group) is 1. The van der Waals surface area contributed by atoms with Crippen molar-refractivity contribution in [1.82, 2.24) is 4.90 Å². The Morgan fingerprint density at radius 1 is 1.19 bits per heavy atom. The first-order valence-corrected chi connectivity index (χ1v) is 8.56. The van der Waals surface area contributed by atoms with E-state index in [0.717, 1.165) is 17.8 Å². The summed E-state index contributed by atoms with van der Waals surface area (Å²) in [6.07, 6.45) is 5.91. The van der Waals surface area contributed by atoms with E-state index in [1.165, 1.54) is 48.9 Å². The molecule has 0 saturated heterocycles. The lowest BCUT2D eigenvalue weighted by Gasteiger charge is -2.33. The average molecular weight is 286 g/mol. The Morgan fingerprint density at radius 2 is 2.00 bits per heavy atom. The summed E-state index contributed by atoms with van der Waals surface area (Å²) in [6.45, 7) is 6.30. The van der Waals surface area contributed by atoms with Crippen LogP contribution in [-0.4, -0.2) is 25.0 Å². The Balaban J connectivity index is 1.68. The third kappa shape index (κ3) is 3.02. The van der Waals surface area contributed by atoms with Gasteiger partial charge in [0.25, 0.3) is 0 Å². The predicted octanol–water partition coefficient (Wildman–Crippen LogP) is 3.67. The molecule has 4 atom stereocenters. The fourth-order valence-corrected chi connectivity index (χ4v) is 4.64. The van der Waals surface area contributed by atoms with Crippen molar-refractivity contribution in [2.24, 2.45) is 23.5 Å². The fraction of sp³-hybridized carbons (Fsp3) is 0.684. The maximum Gasteiger partial charge on any atom is 0.0467 e. The van der Waals surface area contributed by atoms with Crippen molar-refractivity contribution in [2.45, 2.75) is 45.6 Å². The first-order valence-electron chi connectivity index (χ1n) is 8.56. The highest BCUT2D eigenvalue weighted by Crippen LogP contribution is 2.48. The maximum atomic E-state index is 6.10. The molecule has 0 aliphatic heterocycles. The number of benzene rings is 1. The van der Waals surface area contributed by atoms with Gasteiger partial charge in [0.15, 0.2) is 0 Å². The summed E-state index contributed by atoms with van der Waals surface area (Å²) < 4.78 is 0. The zero-order valence-electron chi connectivity index (χ0n) is 13.8. The fourth-order valence-electron chi connectivity index (χ4n) is 4.64. The monoisotopic (exact) mass is 286 g/mol. The molecule has 116 valence electrons. The van der Waals surface area contributed by atoms with E-state index >= 15 is 0 Å². The molecule has 0 heterocycles. The van der Waals surface area contributed by atoms with Gasteiger partial charge in [-0.1, -0.05) is 24.6 Å². The quantitative estimate of drug-likeness (QED) is 0.895. The summed E-state index contributed by atoms with van der Waals surface area (Å²) in [4.78, 5) is 2.51. The number of hydrogen-bond acceptors (Lipinski definition) is 2. The number of nitrogens with zero attached hydrogens (tertiary/aromatic N) is 1. The Morgan fingerprint density at radius 3 is 2.57 bits per heavy atom. The van der Waals surface area contributed by atoms with Gasteiger partial charge >= 0.3 is 0 Å². The minimum absolute atomic E-state index is 0.364. The minimum atomic E-state index is 0.364. The van der Waals surface area contributed by atoms with E-state index in [2.05, 4.69) is 44.0 Å². The van der Waals surface area contributed by atoms with Gasteiger partial charge in [0, 0.05) is 19.1 Å². The van der Waals surface area contributed by atoms with E-state index in [4.69, 9.17) is 5.73 Å². The molecule has 1 aromatic carbocycles. The van der Waals surface area contributed by atoms with E-state index in [1.54, 1.807) is 0 Å². The highest BCUT2D eigenvalue weighted by atomic mass is 15.1. The van der Waals surface area contributed by atoms with Crippen LogP contribution in [0.15, 0.2) is 18.2 Å². The van der Waals surface area contributed by atoms with E-state index in [-0.39, 0.29) is 0 Å². The van der Waals surface area contributed by atoms with Gasteiger partial charge < -0.3 is 5.73 Å². The third-order valence-electron chi connectivity index (χ3n) is 6.08. The van der Waals surface area contributed by atoms with E-state index in [9.17, 15) is 0 Å². The molecule has 2 aliphatic carbocycles. The summed E-state index contributed by atoms with van der Waals surface area (Å²) >= 11 is 0. The number of rotatable bonds is 5. The predicted molar refractivity (Wildman–Crippen MR) is 89.3 cm³/mol. The Labute approximate surface area is 129 Å². The molecule has 0 amide bonds. The minimum Gasteiger partial charge on any atom is -0.329 e. The largest absolute Gasteiger partial charge is 0.329 e. The first-order chi connectivity index (χ1) is 10.1. The lowest BCUT2D eigenvalue weighted by Crippen LogP contribution is -2.35. The van der Waals surface area contributed by atoms with Gasteiger partial charge in [0.1, 0.15) is 0 Å². The standard InChI is InChI=1S/C19H30N2/c1-13-4-6-17(8-14(13)2)19(11-20)21(3)12-18-10-15-5-7-16(18)9-15/h4,6,8,15-16,18-19H,5,7,9-12,20H2,1-3H3. The molecule has 2 bridgehead atoms. The molecule has 2 saturated carbocycles. The second-order valence-electron chi connectivity index (χ2n) is 7.47. The smallest absolute Gasteiger partial charge is 0.0467 e. The maximum absolute atomic E-state index is 6.10. The van der Waals surface area contributed by atoms with Gasteiger partial charge in [-0.2, -0.15) is 0 Å². The molecule has 21 heavy (non-hydrogen) atoms. The van der Waals surface area contributed by atoms with Crippen molar-refractivity contribution < 1.29 is 0 Å². The van der Waals surface area contributed by atoms with Crippen molar-refractivity contribution in [1.29, 1.82) is 0 Å². The summed E-state index contributed by atoms with van der Waals surface area (Å²) in [5.41, 5.74) is 10.2. The van der Waals surface area contributed by atoms with Crippen LogP contribution in [0.25, 0.3) is 0 Å². The zero-order chi connectivity index (χ0) is 15.0. The van der Waals surface area contributed by atoms with Crippen LogP contribution in [0.5, 0.6) is 0 Å². The second-order valence-corrected chi connectivity index (χ2v) is 7.47. The molecule has 2 fully saturated rings. The molecule has 4 unspecified atom stereocenters. The van der Waals surface area contributed by atoms with E-state index < -0.39 is 0 Å². The molecular weight excluding hydrogens is 256 g/mol. The molecule has 2 nitrogen and oxygen atoms in total. The summed E-state index contributed by atoms with van der Waals surface area (Å²) in [5.74, 6) is 2.94. The molecule has 1 aromatic rings. The Kier molecular flexibility index (Phi) is 4.37. The van der Waals surface area contributed by atoms with Crippen LogP contribution < -0.4 is 5.73 Å². The molecule has 2 heteroatoms.